The third-order valence-corrected chi connectivity index (χ3v) is 5.68. The van der Waals surface area contributed by atoms with Gasteiger partial charge in [0.2, 0.25) is 0 Å². The Bertz CT molecular complexity index is 1520. The number of H-pyrrole nitrogens is 2. The maximum atomic E-state index is 14.0. The molecule has 1 amide bonds. The average Bonchev–Trinajstić information content (AvgIpc) is 3.57. The molecular weight excluding hydrogens is 437 g/mol. The Hall–Kier alpha value is -4.47. The number of phenolic OH excluding ortho intramolecular Hbond substituents is 1. The number of aryl methyl sites for hydroxylation is 2. The Morgan fingerprint density at radius 2 is 2.12 bits per heavy atom. The number of aromatic hydroxyl groups is 1. The lowest BCUT2D eigenvalue weighted by molar-refractivity contribution is 0.0950. The van der Waals surface area contributed by atoms with Gasteiger partial charge in [0.15, 0.2) is 17.4 Å². The Labute approximate surface area is 193 Å². The largest absolute Gasteiger partial charge is 0.505 e. The highest BCUT2D eigenvalue weighted by Crippen LogP contribution is 2.33. The third kappa shape index (κ3) is 3.90. The van der Waals surface area contributed by atoms with Crippen LogP contribution in [0.15, 0.2) is 48.9 Å². The maximum Gasteiger partial charge on any atom is 0.254 e. The number of aromatic amines is 2. The monoisotopic (exact) mass is 459 g/mol. The molecule has 172 valence electrons. The van der Waals surface area contributed by atoms with Crippen LogP contribution in [0.2, 0.25) is 0 Å². The predicted octanol–water partition coefficient (Wildman–Crippen LogP) is 3.69. The van der Waals surface area contributed by atoms with Crippen molar-refractivity contribution in [1.29, 1.82) is 0 Å². The number of fused-ring (bicyclic) bond motifs is 1. The van der Waals surface area contributed by atoms with Gasteiger partial charge in [0.25, 0.3) is 5.91 Å². The van der Waals surface area contributed by atoms with Gasteiger partial charge in [0, 0.05) is 24.8 Å². The molecule has 5 aromatic rings. The Morgan fingerprint density at radius 3 is 2.88 bits per heavy atom. The molecule has 0 radical (unpaired) electrons. The van der Waals surface area contributed by atoms with Gasteiger partial charge < -0.3 is 15.4 Å². The molecule has 0 unspecified atom stereocenters. The van der Waals surface area contributed by atoms with Gasteiger partial charge in [0.05, 0.1) is 29.5 Å². The van der Waals surface area contributed by atoms with Crippen LogP contribution in [0, 0.1) is 5.82 Å². The minimum Gasteiger partial charge on any atom is -0.505 e. The number of hydrogen-bond acceptors (Lipinski definition) is 5. The Morgan fingerprint density at radius 1 is 1.26 bits per heavy atom. The van der Waals surface area contributed by atoms with E-state index in [-0.39, 0.29) is 18.2 Å². The zero-order valence-corrected chi connectivity index (χ0v) is 18.6. The fraction of sp³-hybridized carbons (Fsp3) is 0.167. The summed E-state index contributed by atoms with van der Waals surface area (Å²) in [7, 11) is 1.75. The molecule has 0 aliphatic rings. The Kier molecular flexibility index (Phi) is 5.33. The molecule has 0 bridgehead atoms. The summed E-state index contributed by atoms with van der Waals surface area (Å²) >= 11 is 0. The minimum atomic E-state index is -0.656. The molecule has 2 aromatic carbocycles. The smallest absolute Gasteiger partial charge is 0.254 e. The summed E-state index contributed by atoms with van der Waals surface area (Å²) in [6, 6.07) is 8.51. The molecule has 0 spiro atoms. The van der Waals surface area contributed by atoms with E-state index in [0.717, 1.165) is 27.6 Å². The standard InChI is InChI=1S/C24H22FN7O2/c1-3-13-7-21(33)19(25)8-18(13)14-4-5-17-20(6-14)30-31-22(17)23-26-10-16(29-23)11-27-24(34)15-9-28-32(2)12-15/h4-10,12,33H,3,11H2,1-2H3,(H,26,29)(H,27,34)(H,30,31). The first kappa shape index (κ1) is 21.4. The van der Waals surface area contributed by atoms with Crippen molar-refractivity contribution in [3.05, 3.63) is 71.6 Å². The van der Waals surface area contributed by atoms with Crippen molar-refractivity contribution < 1.29 is 14.3 Å². The third-order valence-electron chi connectivity index (χ3n) is 5.68. The van der Waals surface area contributed by atoms with Gasteiger partial charge in [-0.2, -0.15) is 10.2 Å². The quantitative estimate of drug-likeness (QED) is 0.308. The van der Waals surface area contributed by atoms with Crippen LogP contribution in [0.1, 0.15) is 28.5 Å². The minimum absolute atomic E-state index is 0.229. The molecule has 0 saturated carbocycles. The lowest BCUT2D eigenvalue weighted by Gasteiger charge is -2.10. The van der Waals surface area contributed by atoms with E-state index < -0.39 is 5.82 Å². The number of amides is 1. The summed E-state index contributed by atoms with van der Waals surface area (Å²) in [5.41, 5.74) is 4.93. The van der Waals surface area contributed by atoms with E-state index in [1.54, 1.807) is 24.1 Å². The van der Waals surface area contributed by atoms with E-state index in [4.69, 9.17) is 0 Å². The molecule has 34 heavy (non-hydrogen) atoms. The molecular formula is C24H22FN7O2. The van der Waals surface area contributed by atoms with Crippen molar-refractivity contribution in [3.63, 3.8) is 0 Å². The van der Waals surface area contributed by atoms with Crippen LogP contribution in [-0.2, 0) is 20.0 Å². The molecule has 0 aliphatic heterocycles. The second kappa shape index (κ2) is 8.47. The lowest BCUT2D eigenvalue weighted by atomic mass is 9.96. The molecule has 10 heteroatoms. The Balaban J connectivity index is 1.38. The highest BCUT2D eigenvalue weighted by Gasteiger charge is 2.16. The number of carbonyl (C=O) groups is 1. The molecule has 4 N–H and O–H groups in total. The van der Waals surface area contributed by atoms with Gasteiger partial charge in [-0.25, -0.2) is 9.37 Å². The average molecular weight is 459 g/mol. The molecule has 5 rings (SSSR count). The van der Waals surface area contributed by atoms with Gasteiger partial charge in [-0.05, 0) is 47.4 Å². The number of aromatic nitrogens is 6. The van der Waals surface area contributed by atoms with Crippen molar-refractivity contribution >= 4 is 16.8 Å². The molecule has 3 aromatic heterocycles. The van der Waals surface area contributed by atoms with Gasteiger partial charge >= 0.3 is 0 Å². The van der Waals surface area contributed by atoms with Crippen molar-refractivity contribution in [3.8, 4) is 28.4 Å². The van der Waals surface area contributed by atoms with Crippen LogP contribution in [0.25, 0.3) is 33.5 Å². The fourth-order valence-corrected chi connectivity index (χ4v) is 3.92. The van der Waals surface area contributed by atoms with Crippen molar-refractivity contribution in [2.75, 3.05) is 0 Å². The zero-order chi connectivity index (χ0) is 23.8. The number of phenols is 1. The SMILES string of the molecule is CCc1cc(O)c(F)cc1-c1ccc2c(-c3nc(CNC(=O)c4cnn(C)c4)c[nH]3)n[nH]c2c1. The summed E-state index contributed by atoms with van der Waals surface area (Å²) in [5, 5.41) is 24.8. The van der Waals surface area contributed by atoms with Gasteiger partial charge in [0.1, 0.15) is 5.69 Å². The van der Waals surface area contributed by atoms with Crippen LogP contribution in [-0.4, -0.2) is 41.0 Å². The topological polar surface area (TPSA) is 125 Å². The summed E-state index contributed by atoms with van der Waals surface area (Å²) in [6.45, 7) is 2.21. The van der Waals surface area contributed by atoms with Gasteiger partial charge in [-0.1, -0.05) is 13.0 Å². The highest BCUT2D eigenvalue weighted by molar-refractivity contribution is 5.94. The molecule has 3 heterocycles. The number of hydrogen-bond donors (Lipinski definition) is 4. The van der Waals surface area contributed by atoms with Crippen molar-refractivity contribution in [1.82, 2.24) is 35.3 Å². The number of carbonyl (C=O) groups excluding carboxylic acids is 1. The number of benzene rings is 2. The number of nitrogens with one attached hydrogen (secondary N) is 3. The first-order valence-corrected chi connectivity index (χ1v) is 10.7. The van der Waals surface area contributed by atoms with Gasteiger partial charge in [-0.3, -0.25) is 14.6 Å². The van der Waals surface area contributed by atoms with Crippen LogP contribution in [0.4, 0.5) is 4.39 Å². The van der Waals surface area contributed by atoms with Crippen LogP contribution in [0.5, 0.6) is 5.75 Å². The molecule has 0 atom stereocenters. The summed E-state index contributed by atoms with van der Waals surface area (Å²) < 4.78 is 15.6. The second-order valence-electron chi connectivity index (χ2n) is 7.97. The van der Waals surface area contributed by atoms with E-state index in [1.165, 1.54) is 18.3 Å². The van der Waals surface area contributed by atoms with Crippen molar-refractivity contribution in [2.45, 2.75) is 19.9 Å². The highest BCUT2D eigenvalue weighted by atomic mass is 19.1. The molecule has 0 fully saturated rings. The maximum absolute atomic E-state index is 14.0. The van der Waals surface area contributed by atoms with Gasteiger partial charge in [-0.15, -0.1) is 0 Å². The first-order valence-electron chi connectivity index (χ1n) is 10.7. The van der Waals surface area contributed by atoms with E-state index >= 15 is 0 Å². The normalized spacial score (nSPS) is 11.3. The zero-order valence-electron chi connectivity index (χ0n) is 18.6. The van der Waals surface area contributed by atoms with E-state index in [2.05, 4.69) is 30.6 Å². The number of nitrogens with zero attached hydrogens (tertiary/aromatic N) is 4. The lowest BCUT2D eigenvalue weighted by Crippen LogP contribution is -2.22. The summed E-state index contributed by atoms with van der Waals surface area (Å²) in [6.07, 6.45) is 5.53. The fourth-order valence-electron chi connectivity index (χ4n) is 3.92. The second-order valence-corrected chi connectivity index (χ2v) is 7.97. The predicted molar refractivity (Wildman–Crippen MR) is 124 cm³/mol. The van der Waals surface area contributed by atoms with E-state index in [9.17, 15) is 14.3 Å². The van der Waals surface area contributed by atoms with Crippen LogP contribution >= 0.6 is 0 Å². The van der Waals surface area contributed by atoms with E-state index in [0.29, 0.717) is 29.2 Å². The number of halogens is 1. The number of rotatable bonds is 6. The first-order chi connectivity index (χ1) is 16.4. The van der Waals surface area contributed by atoms with Crippen molar-refractivity contribution in [2.24, 2.45) is 7.05 Å². The number of imidazole rings is 1. The molecule has 0 saturated heterocycles. The summed E-state index contributed by atoms with van der Waals surface area (Å²) in [4.78, 5) is 19.9. The van der Waals surface area contributed by atoms with Crippen LogP contribution < -0.4 is 5.32 Å². The molecule has 0 aliphatic carbocycles. The molecule has 9 nitrogen and oxygen atoms in total. The van der Waals surface area contributed by atoms with Crippen LogP contribution in [0.3, 0.4) is 0 Å². The van der Waals surface area contributed by atoms with E-state index in [1.807, 2.05) is 25.1 Å². The summed E-state index contributed by atoms with van der Waals surface area (Å²) in [5.74, 6) is -0.672.